The Morgan fingerprint density at radius 2 is 1.09 bits per heavy atom. The monoisotopic (exact) mass is 1360 g/mol. The Kier molecular flexibility index (Phi) is 37.7. The Morgan fingerprint density at radius 1 is 0.673 bits per heavy atom. The fraction of sp³-hybridized carbons (Fsp3) is 0.914. The minimum Gasteiger partial charge on any atom is -0.530 e. The van der Waals surface area contributed by atoms with Crippen LogP contribution in [0.3, 0.4) is 0 Å². The van der Waals surface area contributed by atoms with Crippen molar-refractivity contribution in [2.24, 2.45) is 0 Å². The molecule has 2 saturated heterocycles. The van der Waals surface area contributed by atoms with E-state index < -0.39 is 33.8 Å². The number of aliphatic hydroxyl groups excluding tert-OH is 1. The largest absolute Gasteiger partial charge is 0.530 e. The van der Waals surface area contributed by atoms with Gasteiger partial charge in [-0.25, -0.2) is 0 Å². The quantitative estimate of drug-likeness (QED) is 0.0399. The van der Waals surface area contributed by atoms with Crippen molar-refractivity contribution in [3.05, 3.63) is 0 Å². The van der Waals surface area contributed by atoms with Crippen LogP contribution < -0.4 is 10.6 Å². The summed E-state index contributed by atoms with van der Waals surface area (Å²) in [4.78, 5) is 30.1. The van der Waals surface area contributed by atoms with Crippen molar-refractivity contribution in [3.63, 3.8) is 0 Å². The summed E-state index contributed by atoms with van der Waals surface area (Å²) in [6, 6.07) is 6.38. The number of aliphatic hydroxyl groups is 1. The van der Waals surface area contributed by atoms with Gasteiger partial charge in [0.15, 0.2) is 16.6 Å². The van der Waals surface area contributed by atoms with Crippen LogP contribution in [0.25, 0.3) is 0 Å². The Bertz CT molecular complexity index is 934. The van der Waals surface area contributed by atoms with E-state index in [0.29, 0.717) is 39.5 Å². The first kappa shape index (κ1) is 58.7. The van der Waals surface area contributed by atoms with Crippen molar-refractivity contribution in [2.75, 3.05) is 80.2 Å². The van der Waals surface area contributed by atoms with Crippen molar-refractivity contribution in [1.29, 1.82) is 0 Å². The molecule has 2 rings (SSSR count). The maximum atomic E-state index is 10.3. The van der Waals surface area contributed by atoms with E-state index in [1.54, 1.807) is 19.9 Å². The summed E-state index contributed by atoms with van der Waals surface area (Å²) in [6.07, 6.45) is 11.8. The second-order valence-electron chi connectivity index (χ2n) is 14.1. The summed E-state index contributed by atoms with van der Waals surface area (Å²) in [6.45, 7) is 16.5. The van der Waals surface area contributed by atoms with Crippen LogP contribution in [0, 0.1) is 0 Å². The van der Waals surface area contributed by atoms with Crippen molar-refractivity contribution in [3.8, 4) is 0 Å². The van der Waals surface area contributed by atoms with Gasteiger partial charge in [-0.05, 0) is 114 Å². The van der Waals surface area contributed by atoms with Gasteiger partial charge in [0.2, 0.25) is 0 Å². The smallest absolute Gasteiger partial charge is 0.324 e. The van der Waals surface area contributed by atoms with Crippen LogP contribution in [0.2, 0.25) is 62.5 Å². The maximum absolute atomic E-state index is 10.3. The van der Waals surface area contributed by atoms with Gasteiger partial charge in [-0.2, -0.15) is 12.8 Å². The number of hydrogen-bond donors (Lipinski definition) is 3. The van der Waals surface area contributed by atoms with Crippen molar-refractivity contribution in [2.45, 2.75) is 128 Å². The van der Waals surface area contributed by atoms with Crippen LogP contribution in [-0.4, -0.2) is 138 Å². The number of hydrogen-bond acceptors (Lipinski definition) is 12. The molecule has 55 heavy (non-hydrogen) atoms. The van der Waals surface area contributed by atoms with Crippen LogP contribution >= 0.6 is 0 Å². The molecule has 0 saturated carbocycles. The zero-order valence-electron chi connectivity index (χ0n) is 34.8. The Labute approximate surface area is 326 Å². The number of methoxy groups -OCH3 is 2. The first-order valence-electron chi connectivity index (χ1n) is 19.0. The van der Waals surface area contributed by atoms with Crippen molar-refractivity contribution >= 4 is 52.5 Å². The first-order chi connectivity index (χ1) is 24.8. The third-order valence-electron chi connectivity index (χ3n) is 8.89. The summed E-state index contributed by atoms with van der Waals surface area (Å²) in [5.41, 5.74) is 0. The number of rotatable bonds is 23. The van der Waals surface area contributed by atoms with E-state index >= 15 is 0 Å². The van der Waals surface area contributed by atoms with E-state index in [4.69, 9.17) is 36.4 Å². The molecule has 2 aliphatic rings. The number of carbonyl (C=O) groups is 1. The molecule has 0 radical (unpaired) electrons. The molecule has 0 spiro atoms. The topological polar surface area (TPSA) is 169 Å². The molecule has 14 nitrogen and oxygen atoms in total. The first-order valence-corrected chi connectivity index (χ1v) is 29.7. The minimum atomic E-state index is -2.16. The van der Waals surface area contributed by atoms with Gasteiger partial charge in [-0.1, -0.05) is 20.3 Å². The average molecular weight is 1360 g/mol. The molecule has 0 aromatic heterocycles. The van der Waals surface area contributed by atoms with Gasteiger partial charge < -0.3 is 61.4 Å². The second kappa shape index (κ2) is 35.4. The van der Waals surface area contributed by atoms with Gasteiger partial charge in [0, 0.05) is 40.5 Å². The fourth-order valence-electron chi connectivity index (χ4n) is 6.19. The van der Waals surface area contributed by atoms with E-state index in [2.05, 4.69) is 41.6 Å². The molecule has 0 aliphatic carbocycles. The van der Waals surface area contributed by atoms with Gasteiger partial charge >= 0.3 is 23.1 Å². The molecule has 2 amide bonds. The average Bonchev–Trinajstić information content (AvgIpc) is 3.09. The molecule has 2 fully saturated rings. The Balaban J connectivity index is -0.000000401. The number of esters is 1. The van der Waals surface area contributed by atoms with Gasteiger partial charge in [0.1, 0.15) is 0 Å². The number of nitrogens with one attached hydrogen (secondary N) is 2. The molecule has 4 unspecified atom stereocenters. The zero-order chi connectivity index (χ0) is 39.0. The van der Waals surface area contributed by atoms with Crippen LogP contribution in [0.4, 0.5) is 0 Å². The summed E-state index contributed by atoms with van der Waals surface area (Å²) in [5.74, 6) is -0.245. The van der Waals surface area contributed by atoms with Gasteiger partial charge in [0.05, 0.1) is 33.5 Å². The van der Waals surface area contributed by atoms with E-state index in [9.17, 15) is 14.4 Å². The molecular weight excluding hydrogens is 1290 g/mol. The number of amides is 2. The summed E-state index contributed by atoms with van der Waals surface area (Å²) in [7, 11) is -4.84. The third-order valence-corrected chi connectivity index (χ3v) is 26.1. The Morgan fingerprint density at radius 3 is 1.45 bits per heavy atom. The molecule has 4 atom stereocenters. The standard InChI is InChI=1S/C16H34NO5Si2.C15H32NO5Si2.C3H6O2.CH4.2Rf/c1-19-11-12-20-9-7-15-24(3)21-10-4-5-13-23(2,22-24)14-6-8-17-16-18;1-22(13-5-7-16-15-18)12-4-3-10-20-23(2,21-22)14-6-9-19-11-8-17;1-3(4)5-2;;;/h4-15H2,1-3H3,(H,17,18);17H,3-14H2,1-2H3,(H,16,18);1-2H3;1H4;;/q2*-1;;;;. The maximum Gasteiger partial charge on any atom is 0.324 e. The number of carbonyl (C=O) groups excluding carboxylic acids is 3. The summed E-state index contributed by atoms with van der Waals surface area (Å²) in [5, 5.41) is 14.0. The molecule has 20 heteroatoms. The molecule has 2 aliphatic heterocycles. The van der Waals surface area contributed by atoms with Crippen LogP contribution in [0.1, 0.15) is 65.7 Å². The van der Waals surface area contributed by atoms with Crippen molar-refractivity contribution in [1.82, 2.24) is 10.6 Å². The van der Waals surface area contributed by atoms with E-state index in [1.807, 2.05) is 0 Å². The van der Waals surface area contributed by atoms with E-state index in [-0.39, 0.29) is 20.0 Å². The third kappa shape index (κ3) is 31.8. The van der Waals surface area contributed by atoms with Crippen LogP contribution in [0.15, 0.2) is 0 Å². The predicted molar refractivity (Wildman–Crippen MR) is 219 cm³/mol. The van der Waals surface area contributed by atoms with Gasteiger partial charge in [-0.15, -0.1) is 0 Å². The summed E-state index contributed by atoms with van der Waals surface area (Å²) < 4.78 is 45.8. The van der Waals surface area contributed by atoms with Gasteiger partial charge in [-0.3, -0.25) is 4.79 Å². The Hall–Kier alpha value is -3.04. The molecule has 2 heterocycles. The normalized spacial score (nSPS) is 24.9. The SMILES string of the molecule is C.COC(C)=O.COCCOCCC[Si]1(C)OCCCC[Si](C)(CCCN[C-]=O)O1.C[Si]1(CCCN[C-]=O)CCCCO[Si](C)(CCCOCCO)O1.[Rf].[Rf]. The van der Waals surface area contributed by atoms with E-state index in [1.165, 1.54) is 39.0 Å². The zero-order valence-corrected chi connectivity index (χ0v) is 51.6. The fourth-order valence-corrected chi connectivity index (χ4v) is 24.8. The van der Waals surface area contributed by atoms with E-state index in [0.717, 1.165) is 82.5 Å². The van der Waals surface area contributed by atoms with Gasteiger partial charge in [0.25, 0.3) is 0 Å². The molecule has 320 valence electrons. The second-order valence-corrected chi connectivity index (χ2v) is 29.6. The molecule has 0 aromatic rings. The van der Waals surface area contributed by atoms with Crippen molar-refractivity contribution < 1.29 is 55.5 Å². The molecule has 3 N–H and O–H groups in total. The molecule has 0 bridgehead atoms. The van der Waals surface area contributed by atoms with Crippen LogP contribution in [0.5, 0.6) is 0 Å². The summed E-state index contributed by atoms with van der Waals surface area (Å²) >= 11 is 0. The van der Waals surface area contributed by atoms with Crippen LogP contribution in [-0.2, 0) is 50.4 Å². The molecular formula is C35H76N2O12Rf2Si4-2. The minimum absolute atomic E-state index is 0. The molecule has 0 aromatic carbocycles. The number of ether oxygens (including phenoxy) is 4. The predicted octanol–water partition coefficient (Wildman–Crippen LogP) is 5.28.